The molecule has 0 amide bonds. The molecule has 2 fully saturated rings. The molecule has 104 valence electrons. The zero-order valence-electron chi connectivity index (χ0n) is 12.5. The molecule has 18 heavy (non-hydrogen) atoms. The van der Waals surface area contributed by atoms with Crippen LogP contribution in [0, 0.1) is 23.2 Å². The van der Waals surface area contributed by atoms with E-state index in [1.807, 2.05) is 0 Å². The first-order chi connectivity index (χ1) is 8.54. The zero-order valence-corrected chi connectivity index (χ0v) is 12.5. The first kappa shape index (κ1) is 14.1. The van der Waals surface area contributed by atoms with Gasteiger partial charge in [-0.1, -0.05) is 40.0 Å². The average molecular weight is 250 g/mol. The lowest BCUT2D eigenvalue weighted by Crippen LogP contribution is -2.38. The van der Waals surface area contributed by atoms with E-state index in [0.717, 1.165) is 12.3 Å². The van der Waals surface area contributed by atoms with E-state index < -0.39 is 0 Å². The van der Waals surface area contributed by atoms with Gasteiger partial charge in [0, 0.05) is 11.8 Å². The second-order valence-corrected chi connectivity index (χ2v) is 7.32. The molecule has 0 aromatic heterocycles. The SMILES string of the molecule is CCC1CCC(C(=O)C2CCCCC2(C)C)CC1. The number of carbonyl (C=O) groups is 1. The van der Waals surface area contributed by atoms with Crippen molar-refractivity contribution in [2.75, 3.05) is 0 Å². The smallest absolute Gasteiger partial charge is 0.139 e. The monoisotopic (exact) mass is 250 g/mol. The van der Waals surface area contributed by atoms with Crippen molar-refractivity contribution in [2.24, 2.45) is 23.2 Å². The van der Waals surface area contributed by atoms with Gasteiger partial charge in [-0.15, -0.1) is 0 Å². The van der Waals surface area contributed by atoms with E-state index in [1.54, 1.807) is 0 Å². The molecule has 0 aromatic rings. The van der Waals surface area contributed by atoms with Crippen molar-refractivity contribution in [3.8, 4) is 0 Å². The van der Waals surface area contributed by atoms with Crippen molar-refractivity contribution in [3.63, 3.8) is 0 Å². The molecule has 0 N–H and O–H groups in total. The van der Waals surface area contributed by atoms with Gasteiger partial charge in [0.1, 0.15) is 5.78 Å². The lowest BCUT2D eigenvalue weighted by atomic mass is 9.63. The number of rotatable bonds is 3. The van der Waals surface area contributed by atoms with Crippen molar-refractivity contribution in [3.05, 3.63) is 0 Å². The molecule has 2 saturated carbocycles. The Bertz CT molecular complexity index is 284. The summed E-state index contributed by atoms with van der Waals surface area (Å²) in [4.78, 5) is 12.8. The molecule has 0 spiro atoms. The molecule has 0 saturated heterocycles. The van der Waals surface area contributed by atoms with Crippen molar-refractivity contribution in [1.82, 2.24) is 0 Å². The summed E-state index contributed by atoms with van der Waals surface area (Å²) in [7, 11) is 0. The minimum atomic E-state index is 0.261. The van der Waals surface area contributed by atoms with Crippen LogP contribution in [0.3, 0.4) is 0 Å². The Kier molecular flexibility index (Phi) is 4.50. The maximum absolute atomic E-state index is 12.8. The van der Waals surface area contributed by atoms with Gasteiger partial charge in [0.25, 0.3) is 0 Å². The van der Waals surface area contributed by atoms with Gasteiger partial charge in [-0.3, -0.25) is 4.79 Å². The summed E-state index contributed by atoms with van der Waals surface area (Å²) in [6.07, 6.45) is 11.2. The molecular weight excluding hydrogens is 220 g/mol. The molecule has 0 radical (unpaired) electrons. The van der Waals surface area contributed by atoms with E-state index in [4.69, 9.17) is 0 Å². The minimum Gasteiger partial charge on any atom is -0.299 e. The molecule has 0 aromatic carbocycles. The number of ketones is 1. The molecule has 1 heteroatoms. The molecule has 2 aliphatic rings. The number of hydrogen-bond donors (Lipinski definition) is 0. The van der Waals surface area contributed by atoms with Crippen LogP contribution in [0.5, 0.6) is 0 Å². The molecular formula is C17H30O. The highest BCUT2D eigenvalue weighted by atomic mass is 16.1. The molecule has 0 aliphatic heterocycles. The van der Waals surface area contributed by atoms with Crippen LogP contribution in [0.2, 0.25) is 0 Å². The Morgan fingerprint density at radius 1 is 1.06 bits per heavy atom. The topological polar surface area (TPSA) is 17.1 Å². The van der Waals surface area contributed by atoms with Crippen molar-refractivity contribution in [2.45, 2.75) is 78.6 Å². The predicted octanol–water partition coefficient (Wildman–Crippen LogP) is 4.99. The molecule has 0 heterocycles. The summed E-state index contributed by atoms with van der Waals surface area (Å²) in [5.41, 5.74) is 0.261. The van der Waals surface area contributed by atoms with Gasteiger partial charge >= 0.3 is 0 Å². The number of carbonyl (C=O) groups excluding carboxylic acids is 1. The van der Waals surface area contributed by atoms with Crippen LogP contribution in [-0.4, -0.2) is 5.78 Å². The van der Waals surface area contributed by atoms with E-state index in [9.17, 15) is 4.79 Å². The summed E-state index contributed by atoms with van der Waals surface area (Å²) in [5.74, 6) is 2.27. The third-order valence-corrected chi connectivity index (χ3v) is 5.68. The molecule has 1 unspecified atom stereocenters. The summed E-state index contributed by atoms with van der Waals surface area (Å²) in [6.45, 7) is 6.91. The van der Waals surface area contributed by atoms with Crippen LogP contribution in [0.25, 0.3) is 0 Å². The van der Waals surface area contributed by atoms with E-state index in [2.05, 4.69) is 20.8 Å². The van der Waals surface area contributed by atoms with Crippen LogP contribution in [-0.2, 0) is 4.79 Å². The Morgan fingerprint density at radius 3 is 2.28 bits per heavy atom. The molecule has 1 atom stereocenters. The Labute approximate surface area is 113 Å². The summed E-state index contributed by atoms with van der Waals surface area (Å²) in [5, 5.41) is 0. The van der Waals surface area contributed by atoms with Crippen LogP contribution in [0.4, 0.5) is 0 Å². The Morgan fingerprint density at radius 2 is 1.72 bits per heavy atom. The van der Waals surface area contributed by atoms with Crippen LogP contribution < -0.4 is 0 Å². The van der Waals surface area contributed by atoms with Gasteiger partial charge in [-0.25, -0.2) is 0 Å². The van der Waals surface area contributed by atoms with Gasteiger partial charge in [0.15, 0.2) is 0 Å². The maximum atomic E-state index is 12.8. The van der Waals surface area contributed by atoms with Crippen LogP contribution >= 0.6 is 0 Å². The van der Waals surface area contributed by atoms with Crippen molar-refractivity contribution >= 4 is 5.78 Å². The lowest BCUT2D eigenvalue weighted by molar-refractivity contribution is -0.133. The van der Waals surface area contributed by atoms with Crippen molar-refractivity contribution < 1.29 is 4.79 Å². The highest BCUT2D eigenvalue weighted by Gasteiger charge is 2.40. The van der Waals surface area contributed by atoms with Crippen LogP contribution in [0.1, 0.15) is 78.6 Å². The molecule has 2 aliphatic carbocycles. The second-order valence-electron chi connectivity index (χ2n) is 7.32. The van der Waals surface area contributed by atoms with E-state index in [-0.39, 0.29) is 5.41 Å². The normalized spacial score (nSPS) is 36.3. The highest BCUT2D eigenvalue weighted by Crippen LogP contribution is 2.44. The van der Waals surface area contributed by atoms with Gasteiger partial charge < -0.3 is 0 Å². The fourth-order valence-corrected chi connectivity index (χ4v) is 4.16. The minimum absolute atomic E-state index is 0.261. The second kappa shape index (κ2) is 5.75. The largest absolute Gasteiger partial charge is 0.299 e. The number of Topliss-reactive ketones (excluding diaryl/α,β-unsaturated/α-hetero) is 1. The van der Waals surface area contributed by atoms with Crippen molar-refractivity contribution in [1.29, 1.82) is 0 Å². The quantitative estimate of drug-likeness (QED) is 0.689. The molecule has 1 nitrogen and oxygen atoms in total. The van der Waals surface area contributed by atoms with Gasteiger partial charge in [0.05, 0.1) is 0 Å². The maximum Gasteiger partial charge on any atom is 0.139 e. The zero-order chi connectivity index (χ0) is 13.2. The molecule has 0 bridgehead atoms. The van der Waals surface area contributed by atoms with Crippen LogP contribution in [0.15, 0.2) is 0 Å². The summed E-state index contributed by atoms with van der Waals surface area (Å²) < 4.78 is 0. The first-order valence-corrected chi connectivity index (χ1v) is 8.08. The van der Waals surface area contributed by atoms with Gasteiger partial charge in [-0.2, -0.15) is 0 Å². The lowest BCUT2D eigenvalue weighted by Gasteiger charge is -2.40. The average Bonchev–Trinajstić information content (AvgIpc) is 2.37. The summed E-state index contributed by atoms with van der Waals surface area (Å²) >= 11 is 0. The van der Waals surface area contributed by atoms with E-state index >= 15 is 0 Å². The number of hydrogen-bond acceptors (Lipinski definition) is 1. The van der Waals surface area contributed by atoms with Gasteiger partial charge in [-0.05, 0) is 49.9 Å². The van der Waals surface area contributed by atoms with Gasteiger partial charge in [0.2, 0.25) is 0 Å². The first-order valence-electron chi connectivity index (χ1n) is 8.08. The van der Waals surface area contributed by atoms with E-state index in [1.165, 1.54) is 51.4 Å². The third kappa shape index (κ3) is 2.97. The highest BCUT2D eigenvalue weighted by molar-refractivity contribution is 5.84. The fourth-order valence-electron chi connectivity index (χ4n) is 4.16. The standard InChI is InChI=1S/C17H30O/c1-4-13-8-10-14(11-9-13)16(18)15-7-5-6-12-17(15,2)3/h13-15H,4-12H2,1-3H3. The molecule has 2 rings (SSSR count). The Balaban J connectivity index is 1.95. The Hall–Kier alpha value is -0.330. The van der Waals surface area contributed by atoms with E-state index in [0.29, 0.717) is 17.6 Å². The third-order valence-electron chi connectivity index (χ3n) is 5.68. The fraction of sp³-hybridized carbons (Fsp3) is 0.941. The predicted molar refractivity (Wildman–Crippen MR) is 76.5 cm³/mol. The summed E-state index contributed by atoms with van der Waals surface area (Å²) in [6, 6.07) is 0.